The summed E-state index contributed by atoms with van der Waals surface area (Å²) in [5, 5.41) is 0. The first-order valence-electron chi connectivity index (χ1n) is 12.6. The van der Waals surface area contributed by atoms with Gasteiger partial charge in [-0.15, -0.1) is 0 Å². The van der Waals surface area contributed by atoms with Crippen molar-refractivity contribution in [2.24, 2.45) is 0 Å². The molecule has 1 fully saturated rings. The standard InChI is InChI=1S/C23H51N5.3ClH.Cr/c1-6-7-8-9-10-11-12-13-14-15-16-26-21-27(19-17-24(2)3)23-28(22-26)20-18-25(4)5;;;;/h6-23H2,1-5H3;3*1H;/q;;;;+4/p-3. The van der Waals surface area contributed by atoms with Gasteiger partial charge in [-0.25, -0.2) is 0 Å². The van der Waals surface area contributed by atoms with Crippen molar-refractivity contribution < 1.29 is 14.0 Å². The van der Waals surface area contributed by atoms with Crippen LogP contribution in [0.3, 0.4) is 0 Å². The fourth-order valence-corrected chi connectivity index (χ4v) is 7.75. The quantitative estimate of drug-likeness (QED) is 0.196. The third kappa shape index (κ3) is 12.8. The van der Waals surface area contributed by atoms with Crippen LogP contribution < -0.4 is 0 Å². The van der Waals surface area contributed by atoms with Crippen molar-refractivity contribution in [3.8, 4) is 0 Å². The maximum atomic E-state index is 6.83. The zero-order valence-corrected chi connectivity index (χ0v) is 25.0. The summed E-state index contributed by atoms with van der Waals surface area (Å²) in [6, 6.07) is 0. The summed E-state index contributed by atoms with van der Waals surface area (Å²) >= 11 is 0. The molecule has 0 aromatic rings. The van der Waals surface area contributed by atoms with Crippen molar-refractivity contribution >= 4 is 30.1 Å². The van der Waals surface area contributed by atoms with Gasteiger partial charge in [0.25, 0.3) is 0 Å². The van der Waals surface area contributed by atoms with Crippen molar-refractivity contribution in [3.05, 3.63) is 0 Å². The van der Waals surface area contributed by atoms with Gasteiger partial charge in [0.2, 0.25) is 0 Å². The second kappa shape index (κ2) is 16.8. The maximum absolute atomic E-state index is 6.83. The summed E-state index contributed by atoms with van der Waals surface area (Å²) in [4.78, 5) is 9.50. The van der Waals surface area contributed by atoms with Crippen molar-refractivity contribution in [3.63, 3.8) is 0 Å². The van der Waals surface area contributed by atoms with Crippen molar-refractivity contribution in [2.45, 2.75) is 71.1 Å². The van der Waals surface area contributed by atoms with Crippen LogP contribution in [0, 0.1) is 0 Å². The van der Waals surface area contributed by atoms with E-state index in [1.165, 1.54) is 57.8 Å². The fraction of sp³-hybridized carbons (Fsp3) is 1.00. The van der Waals surface area contributed by atoms with E-state index in [9.17, 15) is 0 Å². The van der Waals surface area contributed by atoms with Crippen LogP contribution in [0.5, 0.6) is 0 Å². The summed E-state index contributed by atoms with van der Waals surface area (Å²) in [5.41, 5.74) is 0. The van der Waals surface area contributed by atoms with Crippen LogP contribution in [0.15, 0.2) is 0 Å². The Morgan fingerprint density at radius 2 is 1.09 bits per heavy atom. The molecule has 0 radical (unpaired) electrons. The number of quaternary nitrogens is 1. The van der Waals surface area contributed by atoms with Gasteiger partial charge in [-0.05, 0) is 0 Å². The average molecular weight is 556 g/mol. The Bertz CT molecular complexity index is 457. The average Bonchev–Trinajstić information content (AvgIpc) is 2.71. The Morgan fingerprint density at radius 1 is 0.688 bits per heavy atom. The Hall–Kier alpha value is 1.20. The molecule has 0 spiro atoms. The van der Waals surface area contributed by atoms with Gasteiger partial charge >= 0.3 is 209 Å². The second-order valence-corrected chi connectivity index (χ2v) is 20.0. The molecule has 1 rings (SSSR count). The van der Waals surface area contributed by atoms with Gasteiger partial charge in [0.05, 0.1) is 0 Å². The second-order valence-electron chi connectivity index (χ2n) is 10.2. The van der Waals surface area contributed by atoms with Crippen LogP contribution in [-0.2, 0) is 10.5 Å². The molecule has 0 atom stereocenters. The zero-order valence-electron chi connectivity index (χ0n) is 21.5. The molecule has 0 aromatic carbocycles. The molecule has 1 aliphatic rings. The summed E-state index contributed by atoms with van der Waals surface area (Å²) in [6.07, 6.45) is 13.4. The minimum absolute atomic E-state index is 0.666. The van der Waals surface area contributed by atoms with E-state index in [0.717, 1.165) is 59.2 Å². The van der Waals surface area contributed by atoms with E-state index in [1.54, 1.807) is 0 Å². The van der Waals surface area contributed by atoms with Crippen LogP contribution in [0.2, 0.25) is 0 Å². The molecular weight excluding hydrogens is 505 g/mol. The van der Waals surface area contributed by atoms with Crippen molar-refractivity contribution in [1.29, 1.82) is 0 Å². The van der Waals surface area contributed by atoms with Gasteiger partial charge in [-0.3, -0.25) is 0 Å². The number of halogens is 3. The van der Waals surface area contributed by atoms with Crippen molar-refractivity contribution in [2.75, 3.05) is 80.9 Å². The molecule has 1 aliphatic heterocycles. The van der Waals surface area contributed by atoms with E-state index in [4.69, 9.17) is 30.1 Å². The summed E-state index contributed by atoms with van der Waals surface area (Å²) in [7, 11) is 25.9. The number of likely N-dealkylation sites (N-methyl/N-ethyl adjacent to an activating group) is 2. The van der Waals surface area contributed by atoms with Gasteiger partial charge < -0.3 is 0 Å². The Balaban J connectivity index is 2.61. The minimum atomic E-state index is -3.16. The first kappa shape index (κ1) is 31.2. The molecule has 1 heterocycles. The molecule has 0 N–H and O–H groups in total. The SMILES string of the molecule is CCCCCCCCCCCC[N+]1([Cr]([Cl])([Cl])[Cl])CN(CCN(C)C)CN(CCN(C)C)C1. The summed E-state index contributed by atoms with van der Waals surface area (Å²) < 4.78 is 0.666. The van der Waals surface area contributed by atoms with E-state index in [2.05, 4.69) is 54.7 Å². The molecule has 9 heteroatoms. The molecule has 5 nitrogen and oxygen atoms in total. The van der Waals surface area contributed by atoms with Crippen LogP contribution >= 0.6 is 30.1 Å². The monoisotopic (exact) mass is 554 g/mol. The van der Waals surface area contributed by atoms with Gasteiger partial charge in [-0.2, -0.15) is 0 Å². The molecule has 32 heavy (non-hydrogen) atoms. The van der Waals surface area contributed by atoms with E-state index >= 15 is 0 Å². The summed E-state index contributed by atoms with van der Waals surface area (Å²) in [6.45, 7) is 10.1. The van der Waals surface area contributed by atoms with E-state index < -0.39 is 10.5 Å². The first-order chi connectivity index (χ1) is 15.1. The van der Waals surface area contributed by atoms with Gasteiger partial charge in [0.15, 0.2) is 0 Å². The van der Waals surface area contributed by atoms with E-state index in [1.807, 2.05) is 0 Å². The zero-order chi connectivity index (χ0) is 24.0. The number of nitrogens with zero attached hydrogens (tertiary/aromatic N) is 5. The van der Waals surface area contributed by atoms with Gasteiger partial charge in [0, 0.05) is 0 Å². The normalized spacial score (nSPS) is 18.7. The number of hydrogen-bond acceptors (Lipinski definition) is 4. The molecule has 0 aromatic heterocycles. The topological polar surface area (TPSA) is 13.0 Å². The van der Waals surface area contributed by atoms with Crippen LogP contribution in [0.25, 0.3) is 0 Å². The Labute approximate surface area is 215 Å². The Morgan fingerprint density at radius 3 is 1.47 bits per heavy atom. The van der Waals surface area contributed by atoms with E-state index in [-0.39, 0.29) is 0 Å². The molecule has 0 amide bonds. The van der Waals surface area contributed by atoms with Crippen LogP contribution in [0.1, 0.15) is 71.1 Å². The molecule has 0 bridgehead atoms. The van der Waals surface area contributed by atoms with Crippen LogP contribution in [0.4, 0.5) is 0 Å². The third-order valence-electron chi connectivity index (χ3n) is 6.40. The number of unbranched alkanes of at least 4 members (excludes halogenated alkanes) is 9. The molecule has 0 unspecified atom stereocenters. The fourth-order valence-electron chi connectivity index (χ4n) is 4.37. The van der Waals surface area contributed by atoms with Crippen LogP contribution in [-0.4, -0.2) is 104 Å². The Kier molecular flexibility index (Phi) is 16.4. The predicted octanol–water partition coefficient (Wildman–Crippen LogP) is 5.87. The molecular formula is C23H51Cl3CrN5+. The number of rotatable bonds is 18. The third-order valence-corrected chi connectivity index (χ3v) is 12.0. The first-order valence-corrected chi connectivity index (χ1v) is 18.5. The molecule has 0 aliphatic carbocycles. The van der Waals surface area contributed by atoms with Gasteiger partial charge in [-0.1, -0.05) is 6.92 Å². The van der Waals surface area contributed by atoms with Gasteiger partial charge in [0.1, 0.15) is 0 Å². The molecule has 194 valence electrons. The number of hydrogen-bond donors (Lipinski definition) is 0. The predicted molar refractivity (Wildman–Crippen MR) is 140 cm³/mol. The van der Waals surface area contributed by atoms with E-state index in [0.29, 0.717) is 3.47 Å². The molecule has 0 saturated carbocycles. The van der Waals surface area contributed by atoms with Crippen molar-refractivity contribution in [1.82, 2.24) is 19.6 Å². The summed E-state index contributed by atoms with van der Waals surface area (Å²) in [5.74, 6) is 0. The molecule has 1 saturated heterocycles.